The summed E-state index contributed by atoms with van der Waals surface area (Å²) in [6, 6.07) is 3.81. The molecule has 5 rings (SSSR count). The molecule has 0 unspecified atom stereocenters. The first kappa shape index (κ1) is 22.8. The summed E-state index contributed by atoms with van der Waals surface area (Å²) in [6.45, 7) is 3.41. The van der Waals surface area contributed by atoms with Gasteiger partial charge in [-0.3, -0.25) is 9.48 Å². The van der Waals surface area contributed by atoms with Gasteiger partial charge in [-0.25, -0.2) is 9.37 Å². The van der Waals surface area contributed by atoms with E-state index in [1.54, 1.807) is 13.2 Å². The highest BCUT2D eigenvalue weighted by molar-refractivity contribution is 5.80. The third-order valence-corrected chi connectivity index (χ3v) is 7.41. The molecular formula is C25H33FN6O2. The number of benzene rings is 1. The summed E-state index contributed by atoms with van der Waals surface area (Å²) < 4.78 is 22.8. The van der Waals surface area contributed by atoms with Crippen molar-refractivity contribution in [2.75, 3.05) is 32.1 Å². The summed E-state index contributed by atoms with van der Waals surface area (Å²) in [5, 5.41) is 7.97. The van der Waals surface area contributed by atoms with Crippen molar-refractivity contribution in [3.63, 3.8) is 0 Å². The minimum atomic E-state index is -0.351. The predicted octanol–water partition coefficient (Wildman–Crippen LogP) is 3.94. The maximum atomic E-state index is 15.3. The van der Waals surface area contributed by atoms with Crippen LogP contribution in [0.4, 0.5) is 10.1 Å². The molecule has 182 valence electrons. The third kappa shape index (κ3) is 4.06. The number of aromatic nitrogens is 4. The zero-order valence-electron chi connectivity index (χ0n) is 20.2. The Kier molecular flexibility index (Phi) is 6.29. The Balaban J connectivity index is 1.54. The lowest BCUT2D eigenvalue weighted by Gasteiger charge is -2.34. The molecular weight excluding hydrogens is 435 g/mol. The smallest absolute Gasteiger partial charge is 0.277 e. The fraction of sp³-hybridized carbons (Fsp3) is 0.560. The number of nitrogens with zero attached hydrogens (tertiary/aromatic N) is 4. The average Bonchev–Trinajstić information content (AvgIpc) is 3.21. The van der Waals surface area contributed by atoms with Crippen LogP contribution in [0.2, 0.25) is 0 Å². The SMILES string of the molecule is CNC1CCN(c2cc(OC)c(-c3nc4c(C)nn(C5CCCCC5)c4c(=O)[nH]3)cc2F)CC1. The van der Waals surface area contributed by atoms with Crippen molar-refractivity contribution in [3.8, 4) is 17.1 Å². The van der Waals surface area contributed by atoms with Crippen LogP contribution in [-0.2, 0) is 0 Å². The normalized spacial score (nSPS) is 18.1. The van der Waals surface area contributed by atoms with Crippen LogP contribution in [0.5, 0.6) is 5.75 Å². The topological polar surface area (TPSA) is 88.1 Å². The van der Waals surface area contributed by atoms with Crippen LogP contribution >= 0.6 is 0 Å². The standard InChI is InChI=1S/C25H33FN6O2/c1-15-22-23(32(30-15)17-7-5-4-6-8-17)25(33)29-24(28-22)18-13-19(26)20(14-21(18)34-3)31-11-9-16(27-2)10-12-31/h13-14,16-17,27H,4-12H2,1-3H3,(H,28,29,33). The lowest BCUT2D eigenvalue weighted by molar-refractivity contribution is 0.336. The van der Waals surface area contributed by atoms with E-state index in [0.717, 1.165) is 51.6 Å². The number of hydrogen-bond acceptors (Lipinski definition) is 6. The van der Waals surface area contributed by atoms with Crippen LogP contribution in [0.1, 0.15) is 56.7 Å². The maximum Gasteiger partial charge on any atom is 0.277 e. The monoisotopic (exact) mass is 468 g/mol. The number of anilines is 1. The van der Waals surface area contributed by atoms with Gasteiger partial charge >= 0.3 is 0 Å². The summed E-state index contributed by atoms with van der Waals surface area (Å²) in [6.07, 6.45) is 7.45. The van der Waals surface area contributed by atoms with Crippen LogP contribution in [0.15, 0.2) is 16.9 Å². The van der Waals surface area contributed by atoms with E-state index < -0.39 is 0 Å². The average molecular weight is 469 g/mol. The first-order valence-electron chi connectivity index (χ1n) is 12.3. The lowest BCUT2D eigenvalue weighted by atomic mass is 9.95. The molecule has 8 nitrogen and oxygen atoms in total. The van der Waals surface area contributed by atoms with Crippen molar-refractivity contribution in [2.45, 2.75) is 64.0 Å². The van der Waals surface area contributed by atoms with E-state index in [4.69, 9.17) is 9.72 Å². The Morgan fingerprint density at radius 2 is 1.88 bits per heavy atom. The summed E-state index contributed by atoms with van der Waals surface area (Å²) in [5.74, 6) is 0.419. The molecule has 3 heterocycles. The zero-order valence-corrected chi connectivity index (χ0v) is 20.2. The summed E-state index contributed by atoms with van der Waals surface area (Å²) in [4.78, 5) is 22.9. The molecule has 1 saturated carbocycles. The summed E-state index contributed by atoms with van der Waals surface area (Å²) >= 11 is 0. The Labute approximate surface area is 198 Å². The molecule has 2 N–H and O–H groups in total. The molecule has 0 spiro atoms. The molecule has 0 atom stereocenters. The van der Waals surface area contributed by atoms with Crippen molar-refractivity contribution >= 4 is 16.7 Å². The fourth-order valence-corrected chi connectivity index (χ4v) is 5.46. The van der Waals surface area contributed by atoms with E-state index in [1.165, 1.54) is 12.5 Å². The van der Waals surface area contributed by atoms with Crippen LogP contribution in [0.3, 0.4) is 0 Å². The number of aryl methyl sites for hydroxylation is 1. The van der Waals surface area contributed by atoms with Crippen molar-refractivity contribution < 1.29 is 9.13 Å². The van der Waals surface area contributed by atoms with Gasteiger partial charge in [0.1, 0.15) is 22.9 Å². The molecule has 1 aliphatic carbocycles. The summed E-state index contributed by atoms with van der Waals surface area (Å²) in [5.41, 5.74) is 2.45. The molecule has 0 bridgehead atoms. The molecule has 1 aliphatic heterocycles. The minimum absolute atomic E-state index is 0.219. The number of fused-ring (bicyclic) bond motifs is 1. The van der Waals surface area contributed by atoms with Crippen molar-refractivity contribution in [3.05, 3.63) is 34.0 Å². The Hall–Kier alpha value is -2.94. The number of nitrogens with one attached hydrogen (secondary N) is 2. The molecule has 34 heavy (non-hydrogen) atoms. The fourth-order valence-electron chi connectivity index (χ4n) is 5.46. The number of H-pyrrole nitrogens is 1. The highest BCUT2D eigenvalue weighted by Gasteiger charge is 2.25. The third-order valence-electron chi connectivity index (χ3n) is 7.41. The van der Waals surface area contributed by atoms with E-state index in [9.17, 15) is 4.79 Å². The number of rotatable bonds is 5. The van der Waals surface area contributed by atoms with E-state index in [0.29, 0.717) is 45.6 Å². The van der Waals surface area contributed by atoms with Crippen LogP contribution in [0.25, 0.3) is 22.4 Å². The van der Waals surface area contributed by atoms with Gasteiger partial charge in [-0.05, 0) is 45.7 Å². The number of ether oxygens (including phenoxy) is 1. The van der Waals surface area contributed by atoms with Crippen LogP contribution in [-0.4, -0.2) is 53.0 Å². The van der Waals surface area contributed by atoms with Gasteiger partial charge in [-0.15, -0.1) is 0 Å². The maximum absolute atomic E-state index is 15.3. The van der Waals surface area contributed by atoms with Crippen molar-refractivity contribution in [2.24, 2.45) is 0 Å². The number of halogens is 1. The van der Waals surface area contributed by atoms with Gasteiger partial charge in [0.2, 0.25) is 0 Å². The molecule has 3 aromatic rings. The number of methoxy groups -OCH3 is 1. The summed E-state index contributed by atoms with van der Waals surface area (Å²) in [7, 11) is 3.51. The molecule has 0 amide bonds. The van der Waals surface area contributed by atoms with Crippen molar-refractivity contribution in [1.29, 1.82) is 0 Å². The second-order valence-electron chi connectivity index (χ2n) is 9.49. The van der Waals surface area contributed by atoms with E-state index in [1.807, 2.05) is 23.6 Å². The van der Waals surface area contributed by atoms with Gasteiger partial charge in [0.25, 0.3) is 5.56 Å². The first-order chi connectivity index (χ1) is 16.5. The van der Waals surface area contributed by atoms with Gasteiger partial charge in [-0.1, -0.05) is 19.3 Å². The van der Waals surface area contributed by atoms with Gasteiger partial charge < -0.3 is 19.9 Å². The lowest BCUT2D eigenvalue weighted by Crippen LogP contribution is -2.41. The molecule has 2 aliphatic rings. The number of hydrogen-bond donors (Lipinski definition) is 2. The van der Waals surface area contributed by atoms with E-state index in [-0.39, 0.29) is 17.4 Å². The van der Waals surface area contributed by atoms with Crippen LogP contribution < -0.4 is 20.5 Å². The number of piperidine rings is 1. The highest BCUT2D eigenvalue weighted by atomic mass is 19.1. The molecule has 2 aromatic heterocycles. The minimum Gasteiger partial charge on any atom is -0.496 e. The van der Waals surface area contributed by atoms with E-state index >= 15 is 4.39 Å². The van der Waals surface area contributed by atoms with Crippen LogP contribution in [0, 0.1) is 12.7 Å². The second-order valence-corrected chi connectivity index (χ2v) is 9.49. The molecule has 1 aromatic carbocycles. The molecule has 9 heteroatoms. The van der Waals surface area contributed by atoms with Gasteiger partial charge in [0, 0.05) is 25.2 Å². The van der Waals surface area contributed by atoms with Crippen molar-refractivity contribution in [1.82, 2.24) is 25.1 Å². The molecule has 2 fully saturated rings. The predicted molar refractivity (Wildman–Crippen MR) is 131 cm³/mol. The first-order valence-corrected chi connectivity index (χ1v) is 12.3. The molecule has 0 radical (unpaired) electrons. The highest BCUT2D eigenvalue weighted by Crippen LogP contribution is 2.36. The second kappa shape index (κ2) is 9.37. The number of aromatic amines is 1. The Bertz CT molecular complexity index is 1240. The quantitative estimate of drug-likeness (QED) is 0.590. The Morgan fingerprint density at radius 3 is 2.56 bits per heavy atom. The van der Waals surface area contributed by atoms with Gasteiger partial charge in [0.05, 0.1) is 30.1 Å². The van der Waals surface area contributed by atoms with E-state index in [2.05, 4.69) is 15.4 Å². The Morgan fingerprint density at radius 1 is 1.15 bits per heavy atom. The largest absolute Gasteiger partial charge is 0.496 e. The molecule has 1 saturated heterocycles. The van der Waals surface area contributed by atoms with Gasteiger partial charge in [-0.2, -0.15) is 5.10 Å². The van der Waals surface area contributed by atoms with Gasteiger partial charge in [0.15, 0.2) is 5.52 Å². The zero-order chi connectivity index (χ0) is 23.8.